The lowest BCUT2D eigenvalue weighted by Gasteiger charge is -2.17. The van der Waals surface area contributed by atoms with Gasteiger partial charge in [-0.25, -0.2) is 4.98 Å². The molecule has 1 aliphatic heterocycles. The van der Waals surface area contributed by atoms with Crippen LogP contribution in [0.2, 0.25) is 0 Å². The topological polar surface area (TPSA) is 58.7 Å². The van der Waals surface area contributed by atoms with Crippen LogP contribution in [0.5, 0.6) is 0 Å². The lowest BCUT2D eigenvalue weighted by Crippen LogP contribution is -2.29. The van der Waals surface area contributed by atoms with Crippen molar-refractivity contribution in [3.8, 4) is 11.5 Å². The maximum Gasteiger partial charge on any atom is 0.226 e. The summed E-state index contributed by atoms with van der Waals surface area (Å²) in [6, 6.07) is 8.08. The number of aliphatic hydroxyl groups is 1. The number of hydrogen-bond donors (Lipinski definition) is 1. The molecule has 5 nitrogen and oxygen atoms in total. The summed E-state index contributed by atoms with van der Waals surface area (Å²) < 4.78 is 11.7. The van der Waals surface area contributed by atoms with Gasteiger partial charge in [0.2, 0.25) is 5.89 Å². The van der Waals surface area contributed by atoms with E-state index in [1.165, 1.54) is 0 Å². The van der Waals surface area contributed by atoms with Gasteiger partial charge in [-0.05, 0) is 39.3 Å². The van der Waals surface area contributed by atoms with E-state index in [-0.39, 0.29) is 12.2 Å². The van der Waals surface area contributed by atoms with Gasteiger partial charge in [-0.3, -0.25) is 4.90 Å². The molecular weight excluding hydrogens is 304 g/mol. The minimum absolute atomic E-state index is 0.117. The Morgan fingerprint density at radius 3 is 2.75 bits per heavy atom. The molecule has 0 aliphatic carbocycles. The van der Waals surface area contributed by atoms with Crippen molar-refractivity contribution in [1.29, 1.82) is 0 Å². The van der Waals surface area contributed by atoms with Gasteiger partial charge in [0.05, 0.1) is 24.0 Å². The Kier molecular flexibility index (Phi) is 5.04. The third kappa shape index (κ3) is 3.69. The van der Waals surface area contributed by atoms with Gasteiger partial charge in [0, 0.05) is 25.2 Å². The van der Waals surface area contributed by atoms with Crippen molar-refractivity contribution in [2.45, 2.75) is 52.6 Å². The zero-order valence-electron chi connectivity index (χ0n) is 14.8. The average molecular weight is 330 g/mol. The lowest BCUT2D eigenvalue weighted by atomic mass is 10.1. The molecule has 1 aliphatic rings. The molecule has 2 aromatic rings. The standard InChI is InChI=1S/C19H26N2O3/c1-12(2)23-18-11-21(10-17(18)22)9-16-14(4)24-19(20-16)15-8-6-5-7-13(15)3/h5-8,12,17-18,22H,9-11H2,1-4H3/t17-,18-/m0/s1. The zero-order valence-corrected chi connectivity index (χ0v) is 14.8. The number of benzene rings is 1. The van der Waals surface area contributed by atoms with Gasteiger partial charge in [0.1, 0.15) is 5.76 Å². The summed E-state index contributed by atoms with van der Waals surface area (Å²) >= 11 is 0. The Morgan fingerprint density at radius 2 is 2.04 bits per heavy atom. The minimum Gasteiger partial charge on any atom is -0.441 e. The molecular formula is C19H26N2O3. The molecule has 0 saturated carbocycles. The van der Waals surface area contributed by atoms with Crippen LogP contribution in [-0.2, 0) is 11.3 Å². The Balaban J connectivity index is 1.72. The summed E-state index contributed by atoms with van der Waals surface area (Å²) in [5, 5.41) is 10.2. The van der Waals surface area contributed by atoms with Gasteiger partial charge in [-0.15, -0.1) is 0 Å². The molecule has 1 saturated heterocycles. The first kappa shape index (κ1) is 17.1. The highest BCUT2D eigenvalue weighted by molar-refractivity contribution is 5.58. The molecule has 0 unspecified atom stereocenters. The predicted molar refractivity (Wildman–Crippen MR) is 92.7 cm³/mol. The zero-order chi connectivity index (χ0) is 17.3. The molecule has 1 aromatic carbocycles. The number of hydrogen-bond acceptors (Lipinski definition) is 5. The number of aryl methyl sites for hydroxylation is 2. The first-order valence-electron chi connectivity index (χ1n) is 8.52. The van der Waals surface area contributed by atoms with Gasteiger partial charge in [0.25, 0.3) is 0 Å². The number of ether oxygens (including phenoxy) is 1. The molecule has 5 heteroatoms. The fraction of sp³-hybridized carbons (Fsp3) is 0.526. The monoisotopic (exact) mass is 330 g/mol. The van der Waals surface area contributed by atoms with Gasteiger partial charge >= 0.3 is 0 Å². The Hall–Kier alpha value is -1.69. The Bertz CT molecular complexity index is 696. The molecule has 2 atom stereocenters. The molecule has 1 aromatic heterocycles. The van der Waals surface area contributed by atoms with Crippen molar-refractivity contribution < 1.29 is 14.3 Å². The Labute approximate surface area is 143 Å². The largest absolute Gasteiger partial charge is 0.441 e. The van der Waals surface area contributed by atoms with Crippen molar-refractivity contribution in [2.75, 3.05) is 13.1 Å². The summed E-state index contributed by atoms with van der Waals surface area (Å²) in [5.41, 5.74) is 3.09. The molecule has 0 radical (unpaired) electrons. The molecule has 3 rings (SSSR count). The second-order valence-electron chi connectivity index (χ2n) is 6.82. The van der Waals surface area contributed by atoms with Crippen LogP contribution in [0, 0.1) is 13.8 Å². The first-order valence-corrected chi connectivity index (χ1v) is 8.52. The van der Waals surface area contributed by atoms with E-state index in [2.05, 4.69) is 22.9 Å². The number of rotatable bonds is 5. The van der Waals surface area contributed by atoms with Crippen molar-refractivity contribution in [1.82, 2.24) is 9.88 Å². The van der Waals surface area contributed by atoms with E-state index in [0.29, 0.717) is 25.5 Å². The van der Waals surface area contributed by atoms with Crippen molar-refractivity contribution in [3.63, 3.8) is 0 Å². The molecule has 2 heterocycles. The number of aromatic nitrogens is 1. The number of oxazole rings is 1. The average Bonchev–Trinajstić information content (AvgIpc) is 3.03. The van der Waals surface area contributed by atoms with Crippen LogP contribution in [0.3, 0.4) is 0 Å². The summed E-state index contributed by atoms with van der Waals surface area (Å²) in [6.07, 6.45) is -0.463. The second kappa shape index (κ2) is 7.05. The van der Waals surface area contributed by atoms with E-state index in [0.717, 1.165) is 22.6 Å². The molecule has 130 valence electrons. The first-order chi connectivity index (χ1) is 11.4. The molecule has 0 amide bonds. The smallest absolute Gasteiger partial charge is 0.226 e. The fourth-order valence-corrected chi connectivity index (χ4v) is 3.16. The van der Waals surface area contributed by atoms with Crippen LogP contribution < -0.4 is 0 Å². The van der Waals surface area contributed by atoms with E-state index < -0.39 is 6.10 Å². The normalized spacial score (nSPS) is 21.8. The van der Waals surface area contributed by atoms with Crippen LogP contribution in [0.25, 0.3) is 11.5 Å². The van der Waals surface area contributed by atoms with Crippen molar-refractivity contribution in [2.24, 2.45) is 0 Å². The van der Waals surface area contributed by atoms with Crippen LogP contribution in [0.15, 0.2) is 28.7 Å². The second-order valence-corrected chi connectivity index (χ2v) is 6.82. The maximum absolute atomic E-state index is 10.2. The van der Waals surface area contributed by atoms with E-state index in [1.54, 1.807) is 0 Å². The lowest BCUT2D eigenvalue weighted by molar-refractivity contribution is -0.0396. The van der Waals surface area contributed by atoms with Crippen molar-refractivity contribution in [3.05, 3.63) is 41.3 Å². The minimum atomic E-state index is -0.449. The van der Waals surface area contributed by atoms with Crippen molar-refractivity contribution >= 4 is 0 Å². The summed E-state index contributed by atoms with van der Waals surface area (Å²) in [5.74, 6) is 1.49. The number of β-amino-alcohol motifs (C(OH)–C–C–N with tert-alkyl or cyclic N) is 1. The van der Waals surface area contributed by atoms with Crippen LogP contribution in [0.4, 0.5) is 0 Å². The van der Waals surface area contributed by atoms with E-state index in [9.17, 15) is 5.11 Å². The third-order valence-corrected chi connectivity index (χ3v) is 4.40. The Morgan fingerprint density at radius 1 is 1.29 bits per heavy atom. The predicted octanol–water partition coefficient (Wildman–Crippen LogP) is 2.93. The summed E-state index contributed by atoms with van der Waals surface area (Å²) in [4.78, 5) is 6.86. The number of nitrogens with zero attached hydrogens (tertiary/aromatic N) is 2. The fourth-order valence-electron chi connectivity index (χ4n) is 3.16. The molecule has 1 fully saturated rings. The van der Waals surface area contributed by atoms with E-state index in [1.807, 2.05) is 39.0 Å². The molecule has 0 spiro atoms. The summed E-state index contributed by atoms with van der Waals surface area (Å²) in [6.45, 7) is 9.96. The van der Waals surface area contributed by atoms with Gasteiger partial charge in [0.15, 0.2) is 0 Å². The van der Waals surface area contributed by atoms with Gasteiger partial charge in [-0.2, -0.15) is 0 Å². The van der Waals surface area contributed by atoms with Crippen LogP contribution in [0.1, 0.15) is 30.9 Å². The SMILES string of the molecule is Cc1ccccc1-c1nc(CN2C[C@H](OC(C)C)[C@@H](O)C2)c(C)o1. The number of likely N-dealkylation sites (tertiary alicyclic amines) is 1. The van der Waals surface area contributed by atoms with Crippen LogP contribution >= 0.6 is 0 Å². The molecule has 0 bridgehead atoms. The highest BCUT2D eigenvalue weighted by Gasteiger charge is 2.33. The highest BCUT2D eigenvalue weighted by Crippen LogP contribution is 2.26. The molecule has 1 N–H and O–H groups in total. The van der Waals surface area contributed by atoms with E-state index >= 15 is 0 Å². The van der Waals surface area contributed by atoms with Gasteiger partial charge < -0.3 is 14.3 Å². The highest BCUT2D eigenvalue weighted by atomic mass is 16.5. The van der Waals surface area contributed by atoms with Gasteiger partial charge in [-0.1, -0.05) is 18.2 Å². The van der Waals surface area contributed by atoms with Crippen LogP contribution in [-0.4, -0.2) is 46.4 Å². The van der Waals surface area contributed by atoms with E-state index in [4.69, 9.17) is 9.15 Å². The third-order valence-electron chi connectivity index (χ3n) is 4.40. The quantitative estimate of drug-likeness (QED) is 0.913. The maximum atomic E-state index is 10.2. The molecule has 24 heavy (non-hydrogen) atoms. The number of aliphatic hydroxyl groups excluding tert-OH is 1. The summed E-state index contributed by atoms with van der Waals surface area (Å²) in [7, 11) is 0.